The number of hydrogen-bond donors (Lipinski definition) is 1. The molecule has 1 aromatic carbocycles. The van der Waals surface area contributed by atoms with Crippen molar-refractivity contribution >= 4 is 22.2 Å². The second-order valence-corrected chi connectivity index (χ2v) is 11.8. The number of carbonyl (C=O) groups is 2. The van der Waals surface area contributed by atoms with Crippen molar-refractivity contribution < 1.29 is 27.5 Å². The Labute approximate surface area is 196 Å². The van der Waals surface area contributed by atoms with Crippen LogP contribution >= 0.6 is 0 Å². The molecule has 0 aromatic heterocycles. The highest BCUT2D eigenvalue weighted by Gasteiger charge is 2.38. The Bertz CT molecular complexity index is 900. The van der Waals surface area contributed by atoms with E-state index in [0.29, 0.717) is 51.9 Å². The normalized spacial score (nSPS) is 19.2. The first-order chi connectivity index (χ1) is 15.5. The number of nitrogens with one attached hydrogen (secondary N) is 1. The van der Waals surface area contributed by atoms with E-state index in [4.69, 9.17) is 9.47 Å². The van der Waals surface area contributed by atoms with Crippen molar-refractivity contribution in [2.45, 2.75) is 70.0 Å². The molecule has 9 nitrogen and oxygen atoms in total. The van der Waals surface area contributed by atoms with Gasteiger partial charge < -0.3 is 19.7 Å². The topological polar surface area (TPSA) is 105 Å². The predicted octanol–water partition coefficient (Wildman–Crippen LogP) is 3.11. The van der Waals surface area contributed by atoms with Crippen molar-refractivity contribution in [1.82, 2.24) is 14.5 Å². The summed E-state index contributed by atoms with van der Waals surface area (Å²) in [4.78, 5) is 25.9. The summed E-state index contributed by atoms with van der Waals surface area (Å²) in [5, 5.41) is 2.33. The van der Waals surface area contributed by atoms with Crippen LogP contribution < -0.4 is 5.32 Å². The third-order valence-electron chi connectivity index (χ3n) is 5.86. The fraction of sp³-hybridized carbons (Fsp3) is 0.652. The SMILES string of the molecule is CC(C)(C)OC(=O)N1CCC(S(=O)(=O)N2CCC(NC(=O)OCc3ccccc3)CC2)CC1. The summed E-state index contributed by atoms with van der Waals surface area (Å²) in [6, 6.07) is 9.31. The van der Waals surface area contributed by atoms with Gasteiger partial charge in [-0.05, 0) is 52.0 Å². The van der Waals surface area contributed by atoms with Crippen LogP contribution in [0.15, 0.2) is 30.3 Å². The van der Waals surface area contributed by atoms with Gasteiger partial charge in [0, 0.05) is 32.2 Å². The van der Waals surface area contributed by atoms with Crippen LogP contribution in [0.1, 0.15) is 52.0 Å². The zero-order valence-electron chi connectivity index (χ0n) is 19.7. The number of ether oxygens (including phenoxy) is 2. The summed E-state index contributed by atoms with van der Waals surface area (Å²) >= 11 is 0. The molecule has 33 heavy (non-hydrogen) atoms. The van der Waals surface area contributed by atoms with Crippen LogP contribution in [0, 0.1) is 0 Å². The first kappa shape index (κ1) is 25.3. The molecular formula is C23H35N3O6S. The number of benzene rings is 1. The smallest absolute Gasteiger partial charge is 0.410 e. The van der Waals surface area contributed by atoms with E-state index in [1.165, 1.54) is 4.31 Å². The molecule has 0 aliphatic carbocycles. The lowest BCUT2D eigenvalue weighted by atomic mass is 10.1. The molecule has 10 heteroatoms. The maximum Gasteiger partial charge on any atom is 0.410 e. The lowest BCUT2D eigenvalue weighted by molar-refractivity contribution is 0.0216. The number of carbonyl (C=O) groups excluding carboxylic acids is 2. The molecule has 1 N–H and O–H groups in total. The van der Waals surface area contributed by atoms with E-state index in [9.17, 15) is 18.0 Å². The first-order valence-electron chi connectivity index (χ1n) is 11.5. The molecule has 2 aliphatic heterocycles. The third kappa shape index (κ3) is 7.33. The molecule has 2 amide bonds. The van der Waals surface area contributed by atoms with Crippen LogP contribution in [-0.4, -0.2) is 72.9 Å². The monoisotopic (exact) mass is 481 g/mol. The minimum Gasteiger partial charge on any atom is -0.445 e. The molecule has 0 radical (unpaired) electrons. The van der Waals surface area contributed by atoms with E-state index in [1.807, 2.05) is 51.1 Å². The molecule has 0 saturated carbocycles. The van der Waals surface area contributed by atoms with Gasteiger partial charge in [-0.25, -0.2) is 22.3 Å². The average Bonchev–Trinajstić information content (AvgIpc) is 2.78. The lowest BCUT2D eigenvalue weighted by Gasteiger charge is -2.37. The van der Waals surface area contributed by atoms with Gasteiger partial charge in [-0.2, -0.15) is 0 Å². The summed E-state index contributed by atoms with van der Waals surface area (Å²) in [6.07, 6.45) is 0.975. The summed E-state index contributed by atoms with van der Waals surface area (Å²) in [7, 11) is -3.46. The molecule has 1 aromatic rings. The van der Waals surface area contributed by atoms with Crippen LogP contribution in [0.25, 0.3) is 0 Å². The molecule has 2 aliphatic rings. The largest absolute Gasteiger partial charge is 0.445 e. The van der Waals surface area contributed by atoms with Gasteiger partial charge in [-0.1, -0.05) is 30.3 Å². The first-order valence-corrected chi connectivity index (χ1v) is 13.0. The maximum atomic E-state index is 13.1. The van der Waals surface area contributed by atoms with Gasteiger partial charge in [-0.15, -0.1) is 0 Å². The molecule has 2 saturated heterocycles. The fourth-order valence-electron chi connectivity index (χ4n) is 4.06. The molecule has 0 atom stereocenters. The zero-order valence-corrected chi connectivity index (χ0v) is 20.5. The van der Waals surface area contributed by atoms with Gasteiger partial charge in [0.1, 0.15) is 12.2 Å². The minimum absolute atomic E-state index is 0.117. The molecule has 2 heterocycles. The van der Waals surface area contributed by atoms with Crippen molar-refractivity contribution in [3.05, 3.63) is 35.9 Å². The van der Waals surface area contributed by atoms with E-state index in [2.05, 4.69) is 5.32 Å². The second kappa shape index (κ2) is 10.7. The fourth-order valence-corrected chi connectivity index (χ4v) is 6.01. The molecular weight excluding hydrogens is 446 g/mol. The van der Waals surface area contributed by atoms with Crippen molar-refractivity contribution in [2.24, 2.45) is 0 Å². The van der Waals surface area contributed by atoms with E-state index in [0.717, 1.165) is 5.56 Å². The Hall–Kier alpha value is -2.33. The van der Waals surface area contributed by atoms with E-state index in [1.54, 1.807) is 4.90 Å². The van der Waals surface area contributed by atoms with Crippen LogP contribution in [0.3, 0.4) is 0 Å². The number of likely N-dealkylation sites (tertiary alicyclic amines) is 1. The van der Waals surface area contributed by atoms with Crippen molar-refractivity contribution in [3.8, 4) is 0 Å². The summed E-state index contributed by atoms with van der Waals surface area (Å²) in [6.45, 7) is 7.07. The summed E-state index contributed by atoms with van der Waals surface area (Å²) in [5.74, 6) is 0. The van der Waals surface area contributed by atoms with Crippen LogP contribution in [0.5, 0.6) is 0 Å². The zero-order chi connectivity index (χ0) is 24.1. The Morgan fingerprint density at radius 1 is 1.00 bits per heavy atom. The van der Waals surface area contributed by atoms with E-state index in [-0.39, 0.29) is 12.6 Å². The Balaban J connectivity index is 1.41. The highest BCUT2D eigenvalue weighted by Crippen LogP contribution is 2.25. The number of nitrogens with zero attached hydrogens (tertiary/aromatic N) is 2. The van der Waals surface area contributed by atoms with Gasteiger partial charge >= 0.3 is 12.2 Å². The number of hydrogen-bond acceptors (Lipinski definition) is 6. The molecule has 184 valence electrons. The Kier molecular flexibility index (Phi) is 8.23. The van der Waals surface area contributed by atoms with Gasteiger partial charge in [0.2, 0.25) is 10.0 Å². The van der Waals surface area contributed by atoms with Gasteiger partial charge in [-0.3, -0.25) is 0 Å². The van der Waals surface area contributed by atoms with Gasteiger partial charge in [0.15, 0.2) is 0 Å². The standard InChI is InChI=1S/C23H35N3O6S/c1-23(2,3)32-22(28)25-13-11-20(12-14-25)33(29,30)26-15-9-19(10-16-26)24-21(27)31-17-18-7-5-4-6-8-18/h4-8,19-20H,9-17H2,1-3H3,(H,24,27). The predicted molar refractivity (Wildman–Crippen MR) is 124 cm³/mol. The number of rotatable bonds is 5. The quantitative estimate of drug-likeness (QED) is 0.693. The Morgan fingerprint density at radius 2 is 1.61 bits per heavy atom. The second-order valence-electron chi connectivity index (χ2n) is 9.59. The van der Waals surface area contributed by atoms with E-state index < -0.39 is 33.1 Å². The molecule has 0 unspecified atom stereocenters. The van der Waals surface area contributed by atoms with Gasteiger partial charge in [0.05, 0.1) is 5.25 Å². The summed E-state index contributed by atoms with van der Waals surface area (Å²) in [5.41, 5.74) is 0.332. The molecule has 0 spiro atoms. The number of alkyl carbamates (subject to hydrolysis) is 1. The van der Waals surface area contributed by atoms with Crippen LogP contribution in [0.2, 0.25) is 0 Å². The lowest BCUT2D eigenvalue weighted by Crippen LogP contribution is -2.51. The average molecular weight is 482 g/mol. The molecule has 0 bridgehead atoms. The van der Waals surface area contributed by atoms with Crippen molar-refractivity contribution in [2.75, 3.05) is 26.2 Å². The maximum absolute atomic E-state index is 13.1. The highest BCUT2D eigenvalue weighted by molar-refractivity contribution is 7.89. The number of amides is 2. The Morgan fingerprint density at radius 3 is 2.18 bits per heavy atom. The molecule has 2 fully saturated rings. The summed E-state index contributed by atoms with van der Waals surface area (Å²) < 4.78 is 38.4. The molecule has 3 rings (SSSR count). The number of piperidine rings is 2. The van der Waals surface area contributed by atoms with Crippen molar-refractivity contribution in [1.29, 1.82) is 0 Å². The van der Waals surface area contributed by atoms with E-state index >= 15 is 0 Å². The minimum atomic E-state index is -3.46. The third-order valence-corrected chi connectivity index (χ3v) is 8.26. The van der Waals surface area contributed by atoms with Crippen LogP contribution in [0.4, 0.5) is 9.59 Å². The highest BCUT2D eigenvalue weighted by atomic mass is 32.2. The van der Waals surface area contributed by atoms with Crippen molar-refractivity contribution in [3.63, 3.8) is 0 Å². The van der Waals surface area contributed by atoms with Crippen LogP contribution in [-0.2, 0) is 26.1 Å². The number of sulfonamides is 1. The van der Waals surface area contributed by atoms with Gasteiger partial charge in [0.25, 0.3) is 0 Å².